The van der Waals surface area contributed by atoms with Gasteiger partial charge in [0.25, 0.3) is 0 Å². The summed E-state index contributed by atoms with van der Waals surface area (Å²) in [5, 5.41) is 0. The first-order chi connectivity index (χ1) is 11.2. The molecule has 0 saturated carbocycles. The number of aromatic nitrogens is 1. The van der Waals surface area contributed by atoms with Gasteiger partial charge < -0.3 is 4.74 Å². The van der Waals surface area contributed by atoms with E-state index in [2.05, 4.69) is 9.88 Å². The Balaban J connectivity index is 1.52. The van der Waals surface area contributed by atoms with E-state index in [9.17, 15) is 4.39 Å². The van der Waals surface area contributed by atoms with Crippen LogP contribution in [0.4, 0.5) is 4.39 Å². The van der Waals surface area contributed by atoms with Gasteiger partial charge in [-0.15, -0.1) is 0 Å². The molecule has 0 aliphatic carbocycles. The second kappa shape index (κ2) is 7.66. The van der Waals surface area contributed by atoms with E-state index in [1.807, 2.05) is 37.3 Å². The van der Waals surface area contributed by atoms with Crippen LogP contribution >= 0.6 is 0 Å². The minimum absolute atomic E-state index is 0.135. The van der Waals surface area contributed by atoms with Gasteiger partial charge in [0.1, 0.15) is 5.82 Å². The lowest BCUT2D eigenvalue weighted by Gasteiger charge is -2.32. The summed E-state index contributed by atoms with van der Waals surface area (Å²) in [6, 6.07) is 11.3. The van der Waals surface area contributed by atoms with Crippen molar-refractivity contribution in [1.29, 1.82) is 0 Å². The summed E-state index contributed by atoms with van der Waals surface area (Å²) in [5.41, 5.74) is 2.84. The SMILES string of the molecule is Cc1cc(CN2CCC[C@H](OCc3ccccn3)C2)ccc1F. The van der Waals surface area contributed by atoms with E-state index >= 15 is 0 Å². The van der Waals surface area contributed by atoms with Crippen molar-refractivity contribution in [2.75, 3.05) is 13.1 Å². The molecule has 0 radical (unpaired) electrons. The Hall–Kier alpha value is -1.78. The predicted octanol–water partition coefficient (Wildman–Crippen LogP) is 3.71. The molecule has 1 aliphatic rings. The molecule has 4 heteroatoms. The topological polar surface area (TPSA) is 25.4 Å². The van der Waals surface area contributed by atoms with Crippen LogP contribution in [-0.4, -0.2) is 29.1 Å². The van der Waals surface area contributed by atoms with Gasteiger partial charge in [-0.25, -0.2) is 4.39 Å². The van der Waals surface area contributed by atoms with Gasteiger partial charge in [0.2, 0.25) is 0 Å². The molecule has 0 N–H and O–H groups in total. The summed E-state index contributed by atoms with van der Waals surface area (Å²) in [6.45, 7) is 5.22. The average molecular weight is 314 g/mol. The Morgan fingerprint density at radius 1 is 1.30 bits per heavy atom. The van der Waals surface area contributed by atoms with Crippen molar-refractivity contribution < 1.29 is 9.13 Å². The molecular formula is C19H23FN2O. The first kappa shape index (κ1) is 16.1. The lowest BCUT2D eigenvalue weighted by atomic mass is 10.1. The molecule has 0 amide bonds. The highest BCUT2D eigenvalue weighted by atomic mass is 19.1. The highest BCUT2D eigenvalue weighted by Gasteiger charge is 2.20. The monoisotopic (exact) mass is 314 g/mol. The Morgan fingerprint density at radius 3 is 3.00 bits per heavy atom. The first-order valence-electron chi connectivity index (χ1n) is 8.19. The van der Waals surface area contributed by atoms with E-state index in [4.69, 9.17) is 4.74 Å². The Kier molecular flexibility index (Phi) is 5.36. The number of likely N-dealkylation sites (tertiary alicyclic amines) is 1. The maximum absolute atomic E-state index is 13.4. The van der Waals surface area contributed by atoms with Gasteiger partial charge in [-0.05, 0) is 55.6 Å². The molecule has 0 spiro atoms. The number of hydrogen-bond acceptors (Lipinski definition) is 3. The van der Waals surface area contributed by atoms with Crippen LogP contribution in [0.2, 0.25) is 0 Å². The molecule has 2 heterocycles. The summed E-state index contributed by atoms with van der Waals surface area (Å²) in [6.07, 6.45) is 4.26. The minimum atomic E-state index is -0.135. The number of hydrogen-bond donors (Lipinski definition) is 0. The number of pyridine rings is 1. The number of halogens is 1. The highest BCUT2D eigenvalue weighted by molar-refractivity contribution is 5.23. The second-order valence-electron chi connectivity index (χ2n) is 6.21. The molecule has 0 unspecified atom stereocenters. The van der Waals surface area contributed by atoms with Crippen LogP contribution < -0.4 is 0 Å². The van der Waals surface area contributed by atoms with E-state index in [0.29, 0.717) is 12.2 Å². The van der Waals surface area contributed by atoms with Gasteiger partial charge in [0.05, 0.1) is 18.4 Å². The summed E-state index contributed by atoms with van der Waals surface area (Å²) in [4.78, 5) is 6.68. The molecule has 23 heavy (non-hydrogen) atoms. The van der Waals surface area contributed by atoms with Crippen molar-refractivity contribution in [2.45, 2.75) is 39.0 Å². The molecule has 1 aromatic carbocycles. The summed E-state index contributed by atoms with van der Waals surface area (Å²) in [5.74, 6) is -0.135. The van der Waals surface area contributed by atoms with E-state index in [1.165, 1.54) is 0 Å². The fraction of sp³-hybridized carbons (Fsp3) is 0.421. The highest BCUT2D eigenvalue weighted by Crippen LogP contribution is 2.18. The molecular weight excluding hydrogens is 291 g/mol. The maximum Gasteiger partial charge on any atom is 0.126 e. The summed E-state index contributed by atoms with van der Waals surface area (Å²) < 4.78 is 19.4. The van der Waals surface area contributed by atoms with Crippen molar-refractivity contribution in [3.8, 4) is 0 Å². The standard InChI is InChI=1S/C19H23FN2O/c1-15-11-16(7-8-19(15)20)12-22-10-4-6-18(13-22)23-14-17-5-2-3-9-21-17/h2-3,5,7-9,11,18H,4,6,10,12-14H2,1H3/t18-/m0/s1. The normalized spacial score (nSPS) is 19.0. The number of rotatable bonds is 5. The van der Waals surface area contributed by atoms with Crippen molar-refractivity contribution in [1.82, 2.24) is 9.88 Å². The third-order valence-electron chi connectivity index (χ3n) is 4.28. The van der Waals surface area contributed by atoms with E-state index in [0.717, 1.165) is 43.7 Å². The van der Waals surface area contributed by atoms with Crippen LogP contribution in [0, 0.1) is 12.7 Å². The van der Waals surface area contributed by atoms with E-state index in [1.54, 1.807) is 12.3 Å². The van der Waals surface area contributed by atoms with Crippen LogP contribution in [0.5, 0.6) is 0 Å². The Bertz CT molecular complexity index is 633. The fourth-order valence-corrected chi connectivity index (χ4v) is 3.04. The maximum atomic E-state index is 13.4. The average Bonchev–Trinajstić information content (AvgIpc) is 2.58. The van der Waals surface area contributed by atoms with Crippen LogP contribution in [-0.2, 0) is 17.9 Å². The van der Waals surface area contributed by atoms with Gasteiger partial charge in [0.15, 0.2) is 0 Å². The first-order valence-corrected chi connectivity index (χ1v) is 8.19. The van der Waals surface area contributed by atoms with Crippen molar-refractivity contribution in [3.05, 3.63) is 65.2 Å². The number of nitrogens with zero attached hydrogens (tertiary/aromatic N) is 2. The van der Waals surface area contributed by atoms with E-state index in [-0.39, 0.29) is 11.9 Å². The van der Waals surface area contributed by atoms with Gasteiger partial charge >= 0.3 is 0 Å². The lowest BCUT2D eigenvalue weighted by Crippen LogP contribution is -2.39. The predicted molar refractivity (Wildman–Crippen MR) is 88.5 cm³/mol. The molecule has 2 aromatic rings. The molecule has 122 valence electrons. The van der Waals surface area contributed by atoms with Crippen molar-refractivity contribution in [3.63, 3.8) is 0 Å². The molecule has 3 rings (SSSR count). The second-order valence-corrected chi connectivity index (χ2v) is 6.21. The molecule has 1 saturated heterocycles. The van der Waals surface area contributed by atoms with Crippen LogP contribution in [0.15, 0.2) is 42.6 Å². The van der Waals surface area contributed by atoms with Gasteiger partial charge in [-0.1, -0.05) is 18.2 Å². The van der Waals surface area contributed by atoms with Crippen molar-refractivity contribution in [2.24, 2.45) is 0 Å². The van der Waals surface area contributed by atoms with Crippen LogP contribution in [0.3, 0.4) is 0 Å². The third-order valence-corrected chi connectivity index (χ3v) is 4.28. The molecule has 1 atom stereocenters. The van der Waals surface area contributed by atoms with Crippen LogP contribution in [0.25, 0.3) is 0 Å². The molecule has 1 aromatic heterocycles. The quantitative estimate of drug-likeness (QED) is 0.841. The largest absolute Gasteiger partial charge is 0.371 e. The number of ether oxygens (including phenoxy) is 1. The number of aryl methyl sites for hydroxylation is 1. The number of benzene rings is 1. The zero-order valence-corrected chi connectivity index (χ0v) is 13.5. The zero-order chi connectivity index (χ0) is 16.1. The summed E-state index contributed by atoms with van der Waals surface area (Å²) >= 11 is 0. The third kappa shape index (κ3) is 4.60. The van der Waals surface area contributed by atoms with Gasteiger partial charge in [-0.2, -0.15) is 0 Å². The lowest BCUT2D eigenvalue weighted by molar-refractivity contribution is -0.0132. The Morgan fingerprint density at radius 2 is 2.22 bits per heavy atom. The van der Waals surface area contributed by atoms with Crippen molar-refractivity contribution >= 4 is 0 Å². The molecule has 0 bridgehead atoms. The molecule has 1 fully saturated rings. The minimum Gasteiger partial charge on any atom is -0.371 e. The number of piperidine rings is 1. The molecule has 1 aliphatic heterocycles. The van der Waals surface area contributed by atoms with Gasteiger partial charge in [-0.3, -0.25) is 9.88 Å². The Labute approximate surface area is 137 Å². The fourth-order valence-electron chi connectivity index (χ4n) is 3.04. The van der Waals surface area contributed by atoms with E-state index < -0.39 is 0 Å². The smallest absolute Gasteiger partial charge is 0.126 e. The molecule has 3 nitrogen and oxygen atoms in total. The van der Waals surface area contributed by atoms with Gasteiger partial charge in [0, 0.05) is 19.3 Å². The zero-order valence-electron chi connectivity index (χ0n) is 13.5. The van der Waals surface area contributed by atoms with Crippen LogP contribution in [0.1, 0.15) is 29.7 Å². The summed E-state index contributed by atoms with van der Waals surface area (Å²) in [7, 11) is 0.